The molecule has 0 fully saturated rings. The molecule has 6 heteroatoms. The van der Waals surface area contributed by atoms with Crippen molar-refractivity contribution in [2.24, 2.45) is 0 Å². The van der Waals surface area contributed by atoms with Crippen molar-refractivity contribution in [2.75, 3.05) is 14.2 Å². The summed E-state index contributed by atoms with van der Waals surface area (Å²) in [6.45, 7) is 3.78. The van der Waals surface area contributed by atoms with Crippen LogP contribution in [0.25, 0.3) is 12.2 Å². The van der Waals surface area contributed by atoms with E-state index in [1.807, 2.05) is 19.9 Å². The van der Waals surface area contributed by atoms with Gasteiger partial charge >= 0.3 is 0 Å². The Bertz CT molecular complexity index is 985. The summed E-state index contributed by atoms with van der Waals surface area (Å²) in [5, 5.41) is 20.2. The maximum Gasteiger partial charge on any atom is 0.193 e. The van der Waals surface area contributed by atoms with Crippen LogP contribution in [0.5, 0.6) is 28.7 Å². The van der Waals surface area contributed by atoms with E-state index in [0.29, 0.717) is 22.6 Å². The predicted molar refractivity (Wildman–Crippen MR) is 106 cm³/mol. The molecule has 0 unspecified atom stereocenters. The van der Waals surface area contributed by atoms with Gasteiger partial charge in [-0.1, -0.05) is 0 Å². The molecule has 6 nitrogen and oxygen atoms in total. The maximum atomic E-state index is 12.8. The zero-order valence-corrected chi connectivity index (χ0v) is 16.1. The van der Waals surface area contributed by atoms with Crippen molar-refractivity contribution in [1.29, 1.82) is 0 Å². The summed E-state index contributed by atoms with van der Waals surface area (Å²) in [7, 11) is 2.90. The Morgan fingerprint density at radius 3 is 2.50 bits per heavy atom. The van der Waals surface area contributed by atoms with Crippen LogP contribution in [0.2, 0.25) is 0 Å². The van der Waals surface area contributed by atoms with Gasteiger partial charge in [0.25, 0.3) is 0 Å². The highest BCUT2D eigenvalue weighted by Crippen LogP contribution is 2.43. The maximum absolute atomic E-state index is 12.8. The topological polar surface area (TPSA) is 85.2 Å². The molecule has 1 aliphatic heterocycles. The quantitative estimate of drug-likeness (QED) is 0.596. The van der Waals surface area contributed by atoms with Crippen LogP contribution in [0, 0.1) is 0 Å². The zero-order valence-electron chi connectivity index (χ0n) is 16.1. The van der Waals surface area contributed by atoms with Gasteiger partial charge in [0.05, 0.1) is 19.8 Å². The number of allylic oxidation sites excluding steroid dienone is 1. The Morgan fingerprint density at radius 2 is 1.82 bits per heavy atom. The number of methoxy groups -OCH3 is 2. The molecular formula is C22H22O6. The third kappa shape index (κ3) is 3.67. The molecule has 2 aromatic carbocycles. The summed E-state index contributed by atoms with van der Waals surface area (Å²) < 4.78 is 16.4. The van der Waals surface area contributed by atoms with Gasteiger partial charge in [-0.3, -0.25) is 4.79 Å². The van der Waals surface area contributed by atoms with Gasteiger partial charge in [-0.05, 0) is 50.3 Å². The molecule has 0 radical (unpaired) electrons. The summed E-state index contributed by atoms with van der Waals surface area (Å²) in [5.74, 6) is 0.504. The normalized spacial score (nSPS) is 14.4. The lowest BCUT2D eigenvalue weighted by atomic mass is 9.97. The van der Waals surface area contributed by atoms with Gasteiger partial charge < -0.3 is 24.4 Å². The van der Waals surface area contributed by atoms with Gasteiger partial charge in [0.1, 0.15) is 39.9 Å². The summed E-state index contributed by atoms with van der Waals surface area (Å²) in [4.78, 5) is 12.8. The third-order valence-electron chi connectivity index (χ3n) is 4.39. The van der Waals surface area contributed by atoms with Gasteiger partial charge in [0.15, 0.2) is 5.78 Å². The van der Waals surface area contributed by atoms with Crippen LogP contribution >= 0.6 is 0 Å². The van der Waals surface area contributed by atoms with E-state index in [1.54, 1.807) is 24.3 Å². The molecule has 0 spiro atoms. The monoisotopic (exact) mass is 382 g/mol. The molecule has 0 atom stereocenters. The molecule has 0 aromatic heterocycles. The average molecular weight is 382 g/mol. The lowest BCUT2D eigenvalue weighted by Gasteiger charge is -2.29. The van der Waals surface area contributed by atoms with Crippen LogP contribution in [0.3, 0.4) is 0 Å². The van der Waals surface area contributed by atoms with Gasteiger partial charge in [-0.15, -0.1) is 0 Å². The average Bonchev–Trinajstić information content (AvgIpc) is 2.65. The van der Waals surface area contributed by atoms with Crippen LogP contribution in [0.15, 0.2) is 36.4 Å². The van der Waals surface area contributed by atoms with Crippen LogP contribution in [-0.4, -0.2) is 35.8 Å². The molecule has 3 rings (SSSR count). The minimum Gasteiger partial charge on any atom is -0.508 e. The second kappa shape index (κ2) is 7.31. The fourth-order valence-corrected chi connectivity index (χ4v) is 2.97. The number of fused-ring (bicyclic) bond motifs is 1. The number of phenolic OH excluding ortho intramolecular Hbond substituents is 2. The van der Waals surface area contributed by atoms with Crippen molar-refractivity contribution in [3.8, 4) is 28.7 Å². The van der Waals surface area contributed by atoms with Crippen molar-refractivity contribution < 1.29 is 29.2 Å². The molecule has 2 N–H and O–H groups in total. The van der Waals surface area contributed by atoms with E-state index in [1.165, 1.54) is 32.4 Å². The number of carbonyl (C=O) groups is 1. The first-order valence-corrected chi connectivity index (χ1v) is 8.67. The van der Waals surface area contributed by atoms with Gasteiger partial charge in [0, 0.05) is 17.7 Å². The lowest BCUT2D eigenvalue weighted by Crippen LogP contribution is -2.27. The van der Waals surface area contributed by atoms with E-state index < -0.39 is 11.4 Å². The Labute approximate surface area is 163 Å². The highest BCUT2D eigenvalue weighted by Gasteiger charge is 2.28. The Hall–Kier alpha value is -3.41. The number of ketones is 1. The summed E-state index contributed by atoms with van der Waals surface area (Å²) in [6, 6.07) is 6.17. The van der Waals surface area contributed by atoms with Crippen LogP contribution in [-0.2, 0) is 0 Å². The van der Waals surface area contributed by atoms with Gasteiger partial charge in [-0.2, -0.15) is 0 Å². The fraction of sp³-hybridized carbons (Fsp3) is 0.227. The number of hydrogen-bond acceptors (Lipinski definition) is 6. The molecule has 0 saturated carbocycles. The molecule has 0 bridgehead atoms. The van der Waals surface area contributed by atoms with Crippen molar-refractivity contribution in [1.82, 2.24) is 0 Å². The van der Waals surface area contributed by atoms with Gasteiger partial charge in [-0.25, -0.2) is 0 Å². The van der Waals surface area contributed by atoms with Crippen molar-refractivity contribution >= 4 is 17.9 Å². The number of hydrogen-bond donors (Lipinski definition) is 2. The molecule has 0 amide bonds. The molecule has 28 heavy (non-hydrogen) atoms. The molecular weight excluding hydrogens is 360 g/mol. The van der Waals surface area contributed by atoms with Crippen LogP contribution in [0.1, 0.15) is 35.3 Å². The van der Waals surface area contributed by atoms with E-state index in [4.69, 9.17) is 14.2 Å². The summed E-state index contributed by atoms with van der Waals surface area (Å²) in [5.41, 5.74) is 0.558. The smallest absolute Gasteiger partial charge is 0.193 e. The highest BCUT2D eigenvalue weighted by molar-refractivity contribution is 6.11. The van der Waals surface area contributed by atoms with Crippen LogP contribution in [0.4, 0.5) is 0 Å². The van der Waals surface area contributed by atoms with E-state index >= 15 is 0 Å². The number of rotatable bonds is 5. The number of aromatic hydroxyl groups is 2. The molecule has 1 aliphatic rings. The Kier molecular flexibility index (Phi) is 5.05. The SMILES string of the molecule is COc1cc(O)ccc1/C=C/C(=O)c1c(OC)cc2c(c1O)C=CC(C)(C)O2. The molecule has 146 valence electrons. The van der Waals surface area contributed by atoms with Crippen LogP contribution < -0.4 is 14.2 Å². The third-order valence-corrected chi connectivity index (χ3v) is 4.39. The first-order chi connectivity index (χ1) is 13.3. The zero-order chi connectivity index (χ0) is 20.5. The number of benzene rings is 2. The number of ether oxygens (including phenoxy) is 3. The summed E-state index contributed by atoms with van der Waals surface area (Å²) >= 11 is 0. The van der Waals surface area contributed by atoms with Gasteiger partial charge in [0.2, 0.25) is 0 Å². The molecule has 1 heterocycles. The van der Waals surface area contributed by atoms with E-state index in [2.05, 4.69) is 0 Å². The first-order valence-electron chi connectivity index (χ1n) is 8.67. The second-order valence-corrected chi connectivity index (χ2v) is 6.88. The largest absolute Gasteiger partial charge is 0.508 e. The van der Waals surface area contributed by atoms with E-state index in [-0.39, 0.29) is 22.8 Å². The first kappa shape index (κ1) is 19.4. The second-order valence-electron chi connectivity index (χ2n) is 6.88. The Balaban J connectivity index is 2.01. The Morgan fingerprint density at radius 1 is 1.11 bits per heavy atom. The van der Waals surface area contributed by atoms with Crippen molar-refractivity contribution in [3.63, 3.8) is 0 Å². The number of carbonyl (C=O) groups excluding carboxylic acids is 1. The standard InChI is InChI=1S/C22H22O6/c1-22(2)10-9-15-18(28-22)12-19(27-4)20(21(15)25)16(24)8-6-13-5-7-14(23)11-17(13)26-3/h5-12,23,25H,1-4H3/b8-6+. The fourth-order valence-electron chi connectivity index (χ4n) is 2.97. The van der Waals surface area contributed by atoms with Crippen molar-refractivity contribution in [2.45, 2.75) is 19.4 Å². The predicted octanol–water partition coefficient (Wildman–Crippen LogP) is 4.20. The molecule has 2 aromatic rings. The van der Waals surface area contributed by atoms with Crippen molar-refractivity contribution in [3.05, 3.63) is 53.1 Å². The number of phenols is 2. The van der Waals surface area contributed by atoms with E-state index in [0.717, 1.165) is 0 Å². The summed E-state index contributed by atoms with van der Waals surface area (Å²) in [6.07, 6.45) is 6.41. The highest BCUT2D eigenvalue weighted by atomic mass is 16.5. The lowest BCUT2D eigenvalue weighted by molar-refractivity contribution is 0.104. The van der Waals surface area contributed by atoms with E-state index in [9.17, 15) is 15.0 Å². The molecule has 0 aliphatic carbocycles. The minimum atomic E-state index is -0.523. The minimum absolute atomic E-state index is 0.0446. The molecule has 0 saturated heterocycles.